The number of aryl methyl sites for hydroxylation is 1. The summed E-state index contributed by atoms with van der Waals surface area (Å²) in [7, 11) is 0. The number of phenols is 1. The van der Waals surface area contributed by atoms with Crippen LogP contribution >= 0.6 is 11.3 Å². The second-order valence-electron chi connectivity index (χ2n) is 7.19. The summed E-state index contributed by atoms with van der Waals surface area (Å²) in [6.07, 6.45) is 2.13. The van der Waals surface area contributed by atoms with Gasteiger partial charge in [-0.1, -0.05) is 6.07 Å². The first-order valence-corrected chi connectivity index (χ1v) is 10.5. The van der Waals surface area contributed by atoms with Gasteiger partial charge in [0, 0.05) is 21.7 Å². The van der Waals surface area contributed by atoms with Gasteiger partial charge in [-0.2, -0.15) is 0 Å². The third-order valence-corrected chi connectivity index (χ3v) is 5.99. The molecule has 0 aliphatic heterocycles. The van der Waals surface area contributed by atoms with Crippen molar-refractivity contribution in [3.63, 3.8) is 0 Å². The van der Waals surface area contributed by atoms with Gasteiger partial charge in [-0.25, -0.2) is 13.6 Å². The average Bonchev–Trinajstić information content (AvgIpc) is 3.10. The molecule has 3 aromatic carbocycles. The molecule has 0 amide bonds. The molecular formula is C25H16F2O5S. The molecule has 4 aromatic rings. The lowest BCUT2D eigenvalue weighted by molar-refractivity contribution is -0.131. The molecule has 0 saturated heterocycles. The highest BCUT2D eigenvalue weighted by Crippen LogP contribution is 2.43. The van der Waals surface area contributed by atoms with E-state index in [1.807, 2.05) is 0 Å². The zero-order chi connectivity index (χ0) is 23.7. The van der Waals surface area contributed by atoms with Gasteiger partial charge in [-0.05, 0) is 72.7 Å². The molecule has 8 heteroatoms. The Morgan fingerprint density at radius 2 is 1.82 bits per heavy atom. The number of aliphatic carboxylic acids is 1. The molecule has 0 fully saturated rings. The summed E-state index contributed by atoms with van der Waals surface area (Å²) in [6, 6.07) is 12.2. The normalized spacial score (nSPS) is 11.2. The topological polar surface area (TPSA) is 83.8 Å². The summed E-state index contributed by atoms with van der Waals surface area (Å²) in [5.41, 5.74) is 1.03. The fraction of sp³-hybridized carbons (Fsp3) is 0.0400. The largest absolute Gasteiger partial charge is 0.508 e. The third kappa shape index (κ3) is 4.61. The summed E-state index contributed by atoms with van der Waals surface area (Å²) >= 11 is 1.07. The van der Waals surface area contributed by atoms with Crippen LogP contribution in [0.25, 0.3) is 16.2 Å². The number of rotatable bonds is 6. The molecule has 0 spiro atoms. The summed E-state index contributed by atoms with van der Waals surface area (Å²) < 4.78 is 34.6. The second-order valence-corrected chi connectivity index (χ2v) is 8.24. The van der Waals surface area contributed by atoms with Crippen molar-refractivity contribution >= 4 is 39.3 Å². The Morgan fingerprint density at radius 3 is 2.52 bits per heavy atom. The molecule has 4 rings (SSSR count). The molecule has 2 N–H and O–H groups in total. The Kier molecular flexibility index (Phi) is 5.93. The molecule has 0 atom stereocenters. The molecule has 0 unspecified atom stereocenters. The van der Waals surface area contributed by atoms with E-state index in [2.05, 4.69) is 0 Å². The van der Waals surface area contributed by atoms with Crippen molar-refractivity contribution < 1.29 is 33.3 Å². The number of hydrogen-bond donors (Lipinski definition) is 2. The van der Waals surface area contributed by atoms with Gasteiger partial charge >= 0.3 is 5.97 Å². The van der Waals surface area contributed by atoms with E-state index in [0.29, 0.717) is 21.2 Å². The third-order valence-electron chi connectivity index (χ3n) is 4.85. The summed E-state index contributed by atoms with van der Waals surface area (Å²) in [6.45, 7) is 1.61. The second kappa shape index (κ2) is 8.84. The van der Waals surface area contributed by atoms with Crippen LogP contribution in [0.15, 0.2) is 60.7 Å². The van der Waals surface area contributed by atoms with Crippen LogP contribution in [-0.4, -0.2) is 22.0 Å². The standard InChI is InChI=1S/C25H16F2O5S/c1-13-10-15(26)4-6-17(13)23(31)25-24(18-7-5-16(28)12-21(18)33-25)32-20-8-2-14(11-19(20)27)3-9-22(29)30/h2-12,28H,1H3,(H,29,30). The van der Waals surface area contributed by atoms with Gasteiger partial charge in [0.1, 0.15) is 16.4 Å². The van der Waals surface area contributed by atoms with Crippen molar-refractivity contribution in [3.8, 4) is 17.2 Å². The SMILES string of the molecule is Cc1cc(F)ccc1C(=O)c1sc2cc(O)ccc2c1Oc1ccc(C=CC(=O)O)cc1F. The molecule has 1 heterocycles. The number of carbonyl (C=O) groups excluding carboxylic acids is 1. The maximum Gasteiger partial charge on any atom is 0.328 e. The smallest absolute Gasteiger partial charge is 0.328 e. The predicted molar refractivity (Wildman–Crippen MR) is 121 cm³/mol. The van der Waals surface area contributed by atoms with E-state index < -0.39 is 23.4 Å². The minimum Gasteiger partial charge on any atom is -0.508 e. The zero-order valence-corrected chi connectivity index (χ0v) is 18.0. The van der Waals surface area contributed by atoms with Gasteiger partial charge in [0.15, 0.2) is 17.3 Å². The molecule has 5 nitrogen and oxygen atoms in total. The number of phenolic OH excluding ortho intramolecular Hbond substituents is 1. The average molecular weight is 466 g/mol. The quantitative estimate of drug-likeness (QED) is 0.257. The van der Waals surface area contributed by atoms with Crippen LogP contribution in [0.4, 0.5) is 8.78 Å². The number of aromatic hydroxyl groups is 1. The van der Waals surface area contributed by atoms with Crippen molar-refractivity contribution in [3.05, 3.63) is 93.9 Å². The van der Waals surface area contributed by atoms with Crippen LogP contribution in [0.3, 0.4) is 0 Å². The van der Waals surface area contributed by atoms with Crippen molar-refractivity contribution in [2.45, 2.75) is 6.92 Å². The van der Waals surface area contributed by atoms with E-state index in [-0.39, 0.29) is 27.7 Å². The maximum absolute atomic E-state index is 14.7. The highest BCUT2D eigenvalue weighted by molar-refractivity contribution is 7.21. The van der Waals surface area contributed by atoms with Crippen LogP contribution in [-0.2, 0) is 4.79 Å². The first-order chi connectivity index (χ1) is 15.7. The Labute approximate surface area is 190 Å². The van der Waals surface area contributed by atoms with Gasteiger partial charge in [-0.3, -0.25) is 4.79 Å². The minimum absolute atomic E-state index is 0.00647. The maximum atomic E-state index is 14.7. The predicted octanol–water partition coefficient (Wildman–Crippen LogP) is 6.31. The molecule has 0 bridgehead atoms. The van der Waals surface area contributed by atoms with Crippen molar-refractivity contribution in [2.75, 3.05) is 0 Å². The number of thiophene rings is 1. The number of benzene rings is 3. The van der Waals surface area contributed by atoms with Crippen LogP contribution in [0.1, 0.15) is 26.4 Å². The van der Waals surface area contributed by atoms with E-state index in [1.165, 1.54) is 48.5 Å². The van der Waals surface area contributed by atoms with Crippen LogP contribution in [0.2, 0.25) is 0 Å². The molecule has 0 saturated carbocycles. The number of halogens is 2. The fourth-order valence-electron chi connectivity index (χ4n) is 3.30. The van der Waals surface area contributed by atoms with Crippen molar-refractivity contribution in [2.24, 2.45) is 0 Å². The number of hydrogen-bond acceptors (Lipinski definition) is 5. The van der Waals surface area contributed by atoms with Gasteiger partial charge in [0.2, 0.25) is 5.78 Å². The number of carbonyl (C=O) groups is 2. The Balaban J connectivity index is 1.80. The Bertz CT molecular complexity index is 1440. The molecule has 0 aliphatic rings. The number of ether oxygens (including phenoxy) is 1. The van der Waals surface area contributed by atoms with Crippen molar-refractivity contribution in [1.82, 2.24) is 0 Å². The lowest BCUT2D eigenvalue weighted by Gasteiger charge is -2.10. The van der Waals surface area contributed by atoms with Gasteiger partial charge in [0.05, 0.1) is 0 Å². The Hall–Kier alpha value is -4.04. The summed E-state index contributed by atoms with van der Waals surface area (Å²) in [5, 5.41) is 19.1. The number of fused-ring (bicyclic) bond motifs is 1. The number of carboxylic acids is 1. The monoisotopic (exact) mass is 466 g/mol. The molecule has 166 valence electrons. The van der Waals surface area contributed by atoms with E-state index in [4.69, 9.17) is 9.84 Å². The van der Waals surface area contributed by atoms with Gasteiger partial charge in [-0.15, -0.1) is 11.3 Å². The highest BCUT2D eigenvalue weighted by Gasteiger charge is 2.24. The molecule has 33 heavy (non-hydrogen) atoms. The fourth-order valence-corrected chi connectivity index (χ4v) is 4.41. The van der Waals surface area contributed by atoms with Crippen LogP contribution in [0.5, 0.6) is 17.2 Å². The van der Waals surface area contributed by atoms with E-state index in [1.54, 1.807) is 13.0 Å². The molecule has 1 aromatic heterocycles. The first-order valence-electron chi connectivity index (χ1n) is 9.67. The van der Waals surface area contributed by atoms with Crippen molar-refractivity contribution in [1.29, 1.82) is 0 Å². The van der Waals surface area contributed by atoms with Crippen LogP contribution < -0.4 is 4.74 Å². The highest BCUT2D eigenvalue weighted by atomic mass is 32.1. The van der Waals surface area contributed by atoms with Gasteiger partial charge in [0.25, 0.3) is 0 Å². The molecule has 0 aliphatic carbocycles. The summed E-state index contributed by atoms with van der Waals surface area (Å²) in [5.74, 6) is -2.88. The lowest BCUT2D eigenvalue weighted by Crippen LogP contribution is -2.04. The molecule has 0 radical (unpaired) electrons. The summed E-state index contributed by atoms with van der Waals surface area (Å²) in [4.78, 5) is 24.2. The number of carboxylic acid groups (broad SMARTS) is 1. The Morgan fingerprint density at radius 1 is 1.03 bits per heavy atom. The van der Waals surface area contributed by atoms with Crippen LogP contribution in [0, 0.1) is 18.6 Å². The molecular weight excluding hydrogens is 450 g/mol. The zero-order valence-electron chi connectivity index (χ0n) is 17.1. The number of ketones is 1. The van der Waals surface area contributed by atoms with Gasteiger partial charge < -0.3 is 14.9 Å². The first kappa shape index (κ1) is 22.2. The van der Waals surface area contributed by atoms with E-state index in [9.17, 15) is 23.5 Å². The van der Waals surface area contributed by atoms with E-state index in [0.717, 1.165) is 23.5 Å². The minimum atomic E-state index is -1.16. The van der Waals surface area contributed by atoms with E-state index >= 15 is 0 Å². The lowest BCUT2D eigenvalue weighted by atomic mass is 10.0.